The van der Waals surface area contributed by atoms with E-state index in [1.54, 1.807) is 25.5 Å². The predicted octanol–water partition coefficient (Wildman–Crippen LogP) is 2.59. The predicted molar refractivity (Wildman–Crippen MR) is 108 cm³/mol. The topological polar surface area (TPSA) is 122 Å². The molecule has 0 saturated heterocycles. The van der Waals surface area contributed by atoms with Crippen LogP contribution in [0.2, 0.25) is 0 Å². The van der Waals surface area contributed by atoms with Crippen molar-refractivity contribution in [1.82, 2.24) is 30.2 Å². The summed E-state index contributed by atoms with van der Waals surface area (Å²) in [6.07, 6.45) is 6.08. The first-order chi connectivity index (χ1) is 13.6. The standard InChI is InChI=1S/C20H19N7O/c1-3-13-7-17(27-20(21)26-13)15-10-25-18-14(15)6-12(9-24-18)11-4-5-16(23-8-11)19(28)22-2/h4-10H,3H2,1-2H3,(H,22,28)(H,24,25)(H2,21,26,27). The van der Waals surface area contributed by atoms with Gasteiger partial charge < -0.3 is 16.0 Å². The Labute approximate surface area is 161 Å². The van der Waals surface area contributed by atoms with Crippen molar-refractivity contribution in [2.24, 2.45) is 0 Å². The molecule has 0 radical (unpaired) electrons. The number of H-pyrrole nitrogens is 1. The number of nitrogens with two attached hydrogens (primary N) is 1. The van der Waals surface area contributed by atoms with E-state index in [9.17, 15) is 4.79 Å². The molecule has 0 unspecified atom stereocenters. The molecule has 1 amide bonds. The van der Waals surface area contributed by atoms with E-state index in [4.69, 9.17) is 5.73 Å². The van der Waals surface area contributed by atoms with E-state index in [0.717, 1.165) is 45.5 Å². The lowest BCUT2D eigenvalue weighted by atomic mass is 10.1. The lowest BCUT2D eigenvalue weighted by Crippen LogP contribution is -2.18. The van der Waals surface area contributed by atoms with Crippen LogP contribution >= 0.6 is 0 Å². The maximum Gasteiger partial charge on any atom is 0.269 e. The van der Waals surface area contributed by atoms with Crippen molar-refractivity contribution in [2.75, 3.05) is 12.8 Å². The third kappa shape index (κ3) is 3.16. The molecule has 4 aromatic rings. The fraction of sp³-hybridized carbons (Fsp3) is 0.150. The molecule has 0 spiro atoms. The number of aryl methyl sites for hydroxylation is 1. The van der Waals surface area contributed by atoms with Crippen LogP contribution in [0.5, 0.6) is 0 Å². The van der Waals surface area contributed by atoms with Gasteiger partial charge in [0.1, 0.15) is 11.3 Å². The van der Waals surface area contributed by atoms with Crippen molar-refractivity contribution in [2.45, 2.75) is 13.3 Å². The van der Waals surface area contributed by atoms with Crippen LogP contribution in [0.4, 0.5) is 5.95 Å². The quantitative estimate of drug-likeness (QED) is 0.505. The second-order valence-corrected chi connectivity index (χ2v) is 6.29. The summed E-state index contributed by atoms with van der Waals surface area (Å²) in [7, 11) is 1.58. The van der Waals surface area contributed by atoms with Crippen molar-refractivity contribution >= 4 is 22.9 Å². The molecule has 0 aromatic carbocycles. The van der Waals surface area contributed by atoms with Crippen LogP contribution in [-0.4, -0.2) is 37.9 Å². The smallest absolute Gasteiger partial charge is 0.269 e. The molecule has 0 fully saturated rings. The number of hydrogen-bond donors (Lipinski definition) is 3. The normalized spacial score (nSPS) is 10.9. The molecule has 4 rings (SSSR count). The number of fused-ring (bicyclic) bond motifs is 1. The van der Waals surface area contributed by atoms with Crippen molar-refractivity contribution in [1.29, 1.82) is 0 Å². The van der Waals surface area contributed by atoms with Gasteiger partial charge in [0, 0.05) is 53.4 Å². The number of anilines is 1. The van der Waals surface area contributed by atoms with Crippen LogP contribution in [0.1, 0.15) is 23.1 Å². The third-order valence-electron chi connectivity index (χ3n) is 4.52. The highest BCUT2D eigenvalue weighted by Gasteiger charge is 2.13. The molecular formula is C20H19N7O. The van der Waals surface area contributed by atoms with Gasteiger partial charge in [-0.15, -0.1) is 0 Å². The Hall–Kier alpha value is -3.81. The molecule has 0 aliphatic rings. The average Bonchev–Trinajstić information content (AvgIpc) is 3.16. The van der Waals surface area contributed by atoms with Gasteiger partial charge in [0.25, 0.3) is 5.91 Å². The summed E-state index contributed by atoms with van der Waals surface area (Å²) in [4.78, 5) is 32.2. The molecule has 8 heteroatoms. The van der Waals surface area contributed by atoms with E-state index in [2.05, 4.69) is 30.2 Å². The van der Waals surface area contributed by atoms with E-state index in [1.165, 1.54) is 0 Å². The Morgan fingerprint density at radius 2 is 1.96 bits per heavy atom. The minimum atomic E-state index is -0.221. The van der Waals surface area contributed by atoms with Crippen molar-refractivity contribution in [3.63, 3.8) is 0 Å². The molecule has 0 saturated carbocycles. The molecule has 140 valence electrons. The van der Waals surface area contributed by atoms with Gasteiger partial charge in [0.15, 0.2) is 0 Å². The summed E-state index contributed by atoms with van der Waals surface area (Å²) in [5.41, 5.74) is 11.3. The minimum Gasteiger partial charge on any atom is -0.368 e. The molecule has 4 aromatic heterocycles. The molecule has 0 aliphatic heterocycles. The zero-order valence-corrected chi connectivity index (χ0v) is 15.5. The number of amides is 1. The van der Waals surface area contributed by atoms with Gasteiger partial charge in [-0.1, -0.05) is 13.0 Å². The minimum absolute atomic E-state index is 0.221. The number of nitrogen functional groups attached to an aromatic ring is 1. The zero-order chi connectivity index (χ0) is 19.7. The Kier molecular flexibility index (Phi) is 4.44. The van der Waals surface area contributed by atoms with Crippen LogP contribution < -0.4 is 11.1 Å². The molecule has 8 nitrogen and oxygen atoms in total. The number of aromatic nitrogens is 5. The number of carbonyl (C=O) groups excluding carboxylic acids is 1. The van der Waals surface area contributed by atoms with Gasteiger partial charge in [-0.05, 0) is 24.6 Å². The van der Waals surface area contributed by atoms with E-state index in [0.29, 0.717) is 5.69 Å². The first kappa shape index (κ1) is 17.6. The Morgan fingerprint density at radius 1 is 1.14 bits per heavy atom. The number of aromatic amines is 1. The Bertz CT molecular complexity index is 1170. The van der Waals surface area contributed by atoms with Crippen LogP contribution in [0, 0.1) is 0 Å². The lowest BCUT2D eigenvalue weighted by molar-refractivity contribution is 0.0958. The van der Waals surface area contributed by atoms with Crippen molar-refractivity contribution < 1.29 is 4.79 Å². The van der Waals surface area contributed by atoms with Gasteiger partial charge in [-0.3, -0.25) is 9.78 Å². The van der Waals surface area contributed by atoms with Crippen LogP contribution in [0.15, 0.2) is 42.9 Å². The first-order valence-electron chi connectivity index (χ1n) is 8.88. The highest BCUT2D eigenvalue weighted by Crippen LogP contribution is 2.30. The SMILES string of the molecule is CCc1cc(-c2c[nH]c3ncc(-c4ccc(C(=O)NC)nc4)cc23)nc(N)n1. The van der Waals surface area contributed by atoms with Crippen LogP contribution in [-0.2, 0) is 6.42 Å². The summed E-state index contributed by atoms with van der Waals surface area (Å²) in [6.45, 7) is 2.02. The van der Waals surface area contributed by atoms with E-state index in [-0.39, 0.29) is 11.9 Å². The molecule has 0 atom stereocenters. The fourth-order valence-corrected chi connectivity index (χ4v) is 3.04. The van der Waals surface area contributed by atoms with E-state index in [1.807, 2.05) is 31.3 Å². The molecule has 4 N–H and O–H groups in total. The largest absolute Gasteiger partial charge is 0.368 e. The fourth-order valence-electron chi connectivity index (χ4n) is 3.04. The summed E-state index contributed by atoms with van der Waals surface area (Å²) in [5.74, 6) is 0.0305. The van der Waals surface area contributed by atoms with Gasteiger partial charge in [-0.25, -0.2) is 15.0 Å². The third-order valence-corrected chi connectivity index (χ3v) is 4.52. The Balaban J connectivity index is 1.78. The molecule has 0 aliphatic carbocycles. The van der Waals surface area contributed by atoms with E-state index < -0.39 is 0 Å². The van der Waals surface area contributed by atoms with Gasteiger partial charge >= 0.3 is 0 Å². The van der Waals surface area contributed by atoms with E-state index >= 15 is 0 Å². The number of carbonyl (C=O) groups is 1. The van der Waals surface area contributed by atoms with Crippen LogP contribution in [0.3, 0.4) is 0 Å². The number of pyridine rings is 2. The summed E-state index contributed by atoms with van der Waals surface area (Å²) < 4.78 is 0. The Morgan fingerprint density at radius 3 is 2.68 bits per heavy atom. The van der Waals surface area contributed by atoms with Gasteiger partial charge in [-0.2, -0.15) is 0 Å². The maximum absolute atomic E-state index is 11.7. The zero-order valence-electron chi connectivity index (χ0n) is 15.5. The number of rotatable bonds is 4. The maximum atomic E-state index is 11.7. The second-order valence-electron chi connectivity index (χ2n) is 6.29. The average molecular weight is 373 g/mol. The molecule has 0 bridgehead atoms. The van der Waals surface area contributed by atoms with Crippen LogP contribution in [0.25, 0.3) is 33.4 Å². The highest BCUT2D eigenvalue weighted by molar-refractivity contribution is 5.95. The summed E-state index contributed by atoms with van der Waals surface area (Å²) in [5, 5.41) is 3.48. The molecular weight excluding hydrogens is 354 g/mol. The molecule has 28 heavy (non-hydrogen) atoms. The monoisotopic (exact) mass is 373 g/mol. The first-order valence-corrected chi connectivity index (χ1v) is 8.88. The second kappa shape index (κ2) is 7.07. The summed E-state index contributed by atoms with van der Waals surface area (Å²) in [6, 6.07) is 7.50. The number of nitrogens with one attached hydrogen (secondary N) is 2. The van der Waals surface area contributed by atoms with Gasteiger partial charge in [0.2, 0.25) is 5.95 Å². The van der Waals surface area contributed by atoms with Crippen molar-refractivity contribution in [3.8, 4) is 22.4 Å². The number of hydrogen-bond acceptors (Lipinski definition) is 6. The van der Waals surface area contributed by atoms with Gasteiger partial charge in [0.05, 0.1) is 5.69 Å². The summed E-state index contributed by atoms with van der Waals surface area (Å²) >= 11 is 0. The molecule has 4 heterocycles. The number of nitrogens with zero attached hydrogens (tertiary/aromatic N) is 4. The lowest BCUT2D eigenvalue weighted by Gasteiger charge is -2.05. The highest BCUT2D eigenvalue weighted by atomic mass is 16.1. The van der Waals surface area contributed by atoms with Crippen molar-refractivity contribution in [3.05, 3.63) is 54.2 Å².